The number of hydrogen-bond donors (Lipinski definition) is 2. The van der Waals surface area contributed by atoms with Gasteiger partial charge in [0.15, 0.2) is 0 Å². The summed E-state index contributed by atoms with van der Waals surface area (Å²) in [6.07, 6.45) is 4.73. The molecule has 3 atom stereocenters. The molecule has 2 aromatic rings. The highest BCUT2D eigenvalue weighted by atomic mass is 35.5. The maximum Gasteiger partial charge on any atom is 0.223 e. The Hall–Kier alpha value is -1.89. The molecule has 27 heavy (non-hydrogen) atoms. The van der Waals surface area contributed by atoms with Crippen molar-refractivity contribution < 1.29 is 14.3 Å². The molecule has 146 valence electrons. The predicted octanol–water partition coefficient (Wildman–Crippen LogP) is 2.31. The molecule has 0 radical (unpaired) electrons. The van der Waals surface area contributed by atoms with E-state index in [-0.39, 0.29) is 30.3 Å². The van der Waals surface area contributed by atoms with E-state index in [9.17, 15) is 4.79 Å². The fraction of sp³-hybridized carbons (Fsp3) is 0.500. The third-order valence-electron chi connectivity index (χ3n) is 5.25. The number of carbonyl (C=O) groups excluding carboxylic acids is 1. The maximum absolute atomic E-state index is 12.4. The number of halogens is 1. The summed E-state index contributed by atoms with van der Waals surface area (Å²) in [6.45, 7) is 2.58. The summed E-state index contributed by atoms with van der Waals surface area (Å²) in [5, 5.41) is 7.54. The van der Waals surface area contributed by atoms with Crippen LogP contribution >= 0.6 is 12.4 Å². The summed E-state index contributed by atoms with van der Waals surface area (Å²) >= 11 is 0. The van der Waals surface area contributed by atoms with Gasteiger partial charge < -0.3 is 20.1 Å². The molecule has 1 aliphatic carbocycles. The van der Waals surface area contributed by atoms with Crippen molar-refractivity contribution in [3.05, 3.63) is 36.5 Å². The molecule has 6 nitrogen and oxygen atoms in total. The summed E-state index contributed by atoms with van der Waals surface area (Å²) < 4.78 is 11.6. The smallest absolute Gasteiger partial charge is 0.223 e. The van der Waals surface area contributed by atoms with Gasteiger partial charge in [-0.25, -0.2) is 0 Å². The minimum absolute atomic E-state index is 0. The molecule has 0 spiro atoms. The van der Waals surface area contributed by atoms with Crippen LogP contribution in [-0.4, -0.2) is 49.3 Å². The Morgan fingerprint density at radius 2 is 2.19 bits per heavy atom. The quantitative estimate of drug-likeness (QED) is 0.765. The van der Waals surface area contributed by atoms with Crippen LogP contribution < -0.4 is 15.4 Å². The van der Waals surface area contributed by atoms with Crippen molar-refractivity contribution in [2.24, 2.45) is 5.92 Å². The molecule has 7 heteroatoms. The number of morpholine rings is 1. The second kappa shape index (κ2) is 9.35. The number of para-hydroxylation sites is 1. The van der Waals surface area contributed by atoms with Crippen molar-refractivity contribution in [1.29, 1.82) is 0 Å². The molecular weight excluding hydrogens is 366 g/mol. The number of ether oxygens (including phenoxy) is 2. The topological polar surface area (TPSA) is 72.5 Å². The van der Waals surface area contributed by atoms with Gasteiger partial charge in [-0.1, -0.05) is 18.2 Å². The third kappa shape index (κ3) is 4.69. The minimum atomic E-state index is 0. The summed E-state index contributed by atoms with van der Waals surface area (Å²) in [6, 6.07) is 10.1. The van der Waals surface area contributed by atoms with Crippen molar-refractivity contribution in [3.63, 3.8) is 0 Å². The number of rotatable bonds is 5. The van der Waals surface area contributed by atoms with Crippen molar-refractivity contribution in [3.8, 4) is 5.75 Å². The van der Waals surface area contributed by atoms with Crippen LogP contribution in [0.4, 0.5) is 0 Å². The van der Waals surface area contributed by atoms with Crippen LogP contribution in [0.15, 0.2) is 36.5 Å². The van der Waals surface area contributed by atoms with Crippen LogP contribution in [0.3, 0.4) is 0 Å². The lowest BCUT2D eigenvalue weighted by atomic mass is 9.82. The fourth-order valence-electron chi connectivity index (χ4n) is 3.92. The monoisotopic (exact) mass is 391 g/mol. The van der Waals surface area contributed by atoms with Crippen LogP contribution in [0.5, 0.6) is 5.75 Å². The average molecular weight is 392 g/mol. The van der Waals surface area contributed by atoms with Gasteiger partial charge in [-0.15, -0.1) is 12.4 Å². The number of carbonyl (C=O) groups is 1. The molecule has 0 unspecified atom stereocenters. The van der Waals surface area contributed by atoms with Gasteiger partial charge in [0.25, 0.3) is 0 Å². The van der Waals surface area contributed by atoms with Gasteiger partial charge in [0.1, 0.15) is 17.9 Å². The molecule has 2 fully saturated rings. The highest BCUT2D eigenvalue weighted by Gasteiger charge is 2.35. The van der Waals surface area contributed by atoms with Crippen LogP contribution in [0.25, 0.3) is 10.9 Å². The maximum atomic E-state index is 12.4. The second-order valence-electron chi connectivity index (χ2n) is 6.95. The number of amides is 1. The molecule has 1 aromatic heterocycles. The Bertz CT molecular complexity index is 768. The van der Waals surface area contributed by atoms with Gasteiger partial charge >= 0.3 is 0 Å². The summed E-state index contributed by atoms with van der Waals surface area (Å²) in [7, 11) is 0. The Balaban J connectivity index is 0.00000210. The second-order valence-corrected chi connectivity index (χ2v) is 6.95. The molecule has 1 aliphatic heterocycles. The lowest BCUT2D eigenvalue weighted by Gasteiger charge is -2.39. The normalized spacial score (nSPS) is 24.5. The van der Waals surface area contributed by atoms with Crippen molar-refractivity contribution in [2.75, 3.05) is 26.3 Å². The number of aromatic nitrogens is 1. The van der Waals surface area contributed by atoms with Crippen LogP contribution in [-0.2, 0) is 9.53 Å². The Morgan fingerprint density at radius 1 is 1.30 bits per heavy atom. The van der Waals surface area contributed by atoms with Crippen molar-refractivity contribution in [1.82, 2.24) is 15.6 Å². The van der Waals surface area contributed by atoms with E-state index in [1.807, 2.05) is 30.3 Å². The summed E-state index contributed by atoms with van der Waals surface area (Å²) in [5.74, 6) is 0.932. The van der Waals surface area contributed by atoms with Crippen LogP contribution in [0.2, 0.25) is 0 Å². The Labute approximate surface area is 165 Å². The zero-order valence-electron chi connectivity index (χ0n) is 15.2. The average Bonchev–Trinajstić information content (AvgIpc) is 2.70. The van der Waals surface area contributed by atoms with Crippen molar-refractivity contribution in [2.45, 2.75) is 31.4 Å². The lowest BCUT2D eigenvalue weighted by Crippen LogP contribution is -2.53. The zero-order chi connectivity index (χ0) is 17.8. The first-order valence-electron chi connectivity index (χ1n) is 9.40. The standard InChI is InChI=1S/C20H25N3O3.ClH/c24-20(15-6-7-17-16(13-15)21-9-11-25-17)23-10-12-26-18-5-1-3-14-4-2-8-22-19(14)18;/h1-5,8,15-17,21H,6-7,9-13H2,(H,23,24);1H/t15-,16+,17+;/m0./s1. The van der Waals surface area contributed by atoms with Gasteiger partial charge in [-0.2, -0.15) is 0 Å². The van der Waals surface area contributed by atoms with E-state index >= 15 is 0 Å². The molecule has 2 heterocycles. The van der Waals surface area contributed by atoms with Gasteiger partial charge in [0.2, 0.25) is 5.91 Å². The largest absolute Gasteiger partial charge is 0.489 e. The summed E-state index contributed by atoms with van der Waals surface area (Å²) in [4.78, 5) is 16.8. The number of hydrogen-bond acceptors (Lipinski definition) is 5. The first kappa shape index (κ1) is 19.9. The Morgan fingerprint density at radius 3 is 3.11 bits per heavy atom. The minimum Gasteiger partial charge on any atom is -0.489 e. The number of nitrogens with one attached hydrogen (secondary N) is 2. The van der Waals surface area contributed by atoms with Gasteiger partial charge in [0.05, 0.1) is 19.3 Å². The van der Waals surface area contributed by atoms with Crippen LogP contribution in [0.1, 0.15) is 19.3 Å². The molecule has 1 saturated heterocycles. The molecule has 1 aromatic carbocycles. The fourth-order valence-corrected chi connectivity index (χ4v) is 3.92. The van der Waals surface area contributed by atoms with E-state index in [2.05, 4.69) is 15.6 Å². The van der Waals surface area contributed by atoms with E-state index in [0.717, 1.165) is 49.1 Å². The predicted molar refractivity (Wildman–Crippen MR) is 106 cm³/mol. The highest BCUT2D eigenvalue weighted by Crippen LogP contribution is 2.28. The van der Waals surface area contributed by atoms with E-state index in [1.54, 1.807) is 6.20 Å². The highest BCUT2D eigenvalue weighted by molar-refractivity contribution is 5.85. The first-order chi connectivity index (χ1) is 12.8. The van der Waals surface area contributed by atoms with E-state index in [0.29, 0.717) is 19.2 Å². The molecule has 2 N–H and O–H groups in total. The number of nitrogens with zero attached hydrogens (tertiary/aromatic N) is 1. The van der Waals surface area contributed by atoms with E-state index in [4.69, 9.17) is 9.47 Å². The van der Waals surface area contributed by atoms with Crippen LogP contribution in [0, 0.1) is 5.92 Å². The Kier molecular flexibility index (Phi) is 6.88. The summed E-state index contributed by atoms with van der Waals surface area (Å²) in [5.41, 5.74) is 0.850. The van der Waals surface area contributed by atoms with Crippen molar-refractivity contribution >= 4 is 29.2 Å². The molecule has 0 bridgehead atoms. The van der Waals surface area contributed by atoms with Gasteiger partial charge in [-0.3, -0.25) is 9.78 Å². The number of fused-ring (bicyclic) bond motifs is 2. The van der Waals surface area contributed by atoms with Gasteiger partial charge in [0, 0.05) is 30.1 Å². The SMILES string of the molecule is Cl.O=C(NCCOc1cccc2cccnc12)[C@H]1CC[C@H]2OCCN[C@@H]2C1. The number of benzene rings is 1. The molecule has 4 rings (SSSR count). The first-order valence-corrected chi connectivity index (χ1v) is 9.40. The third-order valence-corrected chi connectivity index (χ3v) is 5.25. The molecule has 1 saturated carbocycles. The number of pyridine rings is 1. The lowest BCUT2D eigenvalue weighted by molar-refractivity contribution is -0.128. The molecule has 1 amide bonds. The van der Waals surface area contributed by atoms with E-state index < -0.39 is 0 Å². The molecule has 2 aliphatic rings. The van der Waals surface area contributed by atoms with Gasteiger partial charge in [-0.05, 0) is 31.4 Å². The van der Waals surface area contributed by atoms with E-state index in [1.165, 1.54) is 0 Å². The molecular formula is C20H26ClN3O3. The zero-order valence-corrected chi connectivity index (χ0v) is 16.0.